The van der Waals surface area contributed by atoms with E-state index in [1.807, 2.05) is 4.90 Å². The van der Waals surface area contributed by atoms with Crippen molar-refractivity contribution in [3.63, 3.8) is 0 Å². The van der Waals surface area contributed by atoms with Gasteiger partial charge < -0.3 is 9.64 Å². The summed E-state index contributed by atoms with van der Waals surface area (Å²) < 4.78 is 19.9. The van der Waals surface area contributed by atoms with Crippen LogP contribution in [0.5, 0.6) is 5.88 Å². The summed E-state index contributed by atoms with van der Waals surface area (Å²) in [6.07, 6.45) is 4.74. The second kappa shape index (κ2) is 7.26. The van der Waals surface area contributed by atoms with Gasteiger partial charge in [-0.1, -0.05) is 19.3 Å². The summed E-state index contributed by atoms with van der Waals surface area (Å²) in [4.78, 5) is 10.0. The van der Waals surface area contributed by atoms with Crippen molar-refractivity contribution in [2.45, 2.75) is 46.1 Å². The number of ether oxygens (including phenoxy) is 1. The lowest BCUT2D eigenvalue weighted by Crippen LogP contribution is -2.36. The van der Waals surface area contributed by atoms with E-state index in [4.69, 9.17) is 4.74 Å². The van der Waals surface area contributed by atoms with Crippen molar-refractivity contribution in [1.82, 2.24) is 9.97 Å². The largest absolute Gasteiger partial charge is 0.462 e. The number of aromatic nitrogens is 2. The van der Waals surface area contributed by atoms with Crippen LogP contribution in [0.25, 0.3) is 0 Å². The summed E-state index contributed by atoms with van der Waals surface area (Å²) in [7, 11) is 0. The maximum atomic E-state index is 14.6. The Morgan fingerprint density at radius 3 is 2.95 bits per heavy atom. The van der Waals surface area contributed by atoms with E-state index in [1.165, 1.54) is 19.2 Å². The first kappa shape index (κ1) is 15.6. The first-order valence-corrected chi connectivity index (χ1v) is 7.43. The quantitative estimate of drug-likeness (QED) is 0.802. The topological polar surface area (TPSA) is 38.3 Å². The smallest absolute Gasteiger partial charge is 0.256 e. The minimum atomic E-state index is -0.489. The molecular weight excluding hydrogens is 269 g/mol. The van der Waals surface area contributed by atoms with Gasteiger partial charge in [-0.3, -0.25) is 0 Å². The first-order valence-electron chi connectivity index (χ1n) is 7.43. The lowest BCUT2D eigenvalue weighted by molar-refractivity contribution is 0.330. The average molecular weight is 291 g/mol. The molecular formula is C16H22FN3O. The van der Waals surface area contributed by atoms with E-state index in [0.717, 1.165) is 13.0 Å². The van der Waals surface area contributed by atoms with Crippen molar-refractivity contribution in [3.05, 3.63) is 12.1 Å². The molecule has 1 aromatic rings. The standard InChI is InChI=1S/C16H22FN3O/c1-4-5-9-21-16-14(17)15(18-11-19-16)20-10-12(2)7-6-8-13(20)3/h11-13H,6-10H2,1-3H3/t12-,13+/m0/s1. The van der Waals surface area contributed by atoms with Crippen molar-refractivity contribution in [2.75, 3.05) is 18.1 Å². The Labute approximate surface area is 125 Å². The van der Waals surface area contributed by atoms with Gasteiger partial charge in [0, 0.05) is 12.6 Å². The zero-order valence-corrected chi connectivity index (χ0v) is 12.9. The molecule has 0 unspecified atom stereocenters. The second-order valence-electron chi connectivity index (χ2n) is 5.57. The molecule has 0 amide bonds. The second-order valence-corrected chi connectivity index (χ2v) is 5.57. The van der Waals surface area contributed by atoms with Crippen molar-refractivity contribution < 1.29 is 9.13 Å². The Bertz CT molecular complexity index is 538. The van der Waals surface area contributed by atoms with E-state index in [-0.39, 0.29) is 18.5 Å². The van der Waals surface area contributed by atoms with E-state index in [1.54, 1.807) is 6.92 Å². The third kappa shape index (κ3) is 3.84. The molecule has 1 saturated heterocycles. The first-order chi connectivity index (χ1) is 10.1. The monoisotopic (exact) mass is 291 g/mol. The van der Waals surface area contributed by atoms with Gasteiger partial charge in [0.1, 0.15) is 6.33 Å². The minimum absolute atomic E-state index is 0.0214. The maximum Gasteiger partial charge on any atom is 0.256 e. The van der Waals surface area contributed by atoms with Crippen LogP contribution in [-0.2, 0) is 0 Å². The highest BCUT2D eigenvalue weighted by atomic mass is 19.1. The van der Waals surface area contributed by atoms with Gasteiger partial charge in [0.2, 0.25) is 5.82 Å². The SMILES string of the molecule is CC#CCOc1ncnc(N2C[C@@H](C)CCC[C@H]2C)c1F. The van der Waals surface area contributed by atoms with Gasteiger partial charge in [-0.25, -0.2) is 4.98 Å². The average Bonchev–Trinajstić information content (AvgIpc) is 2.62. The number of rotatable bonds is 3. The number of hydrogen-bond donors (Lipinski definition) is 0. The molecule has 2 atom stereocenters. The molecule has 1 aromatic heterocycles. The molecule has 21 heavy (non-hydrogen) atoms. The molecule has 0 aliphatic carbocycles. The molecule has 114 valence electrons. The van der Waals surface area contributed by atoms with Gasteiger partial charge in [0.15, 0.2) is 12.4 Å². The fraction of sp³-hybridized carbons (Fsp3) is 0.625. The third-order valence-electron chi connectivity index (χ3n) is 3.83. The lowest BCUT2D eigenvalue weighted by atomic mass is 10.1. The molecule has 1 aliphatic heterocycles. The highest BCUT2D eigenvalue weighted by molar-refractivity contribution is 5.44. The molecule has 0 N–H and O–H groups in total. The van der Waals surface area contributed by atoms with Gasteiger partial charge >= 0.3 is 0 Å². The molecule has 1 fully saturated rings. The Balaban J connectivity index is 2.24. The summed E-state index contributed by atoms with van der Waals surface area (Å²) in [6.45, 7) is 6.96. The molecule has 0 aromatic carbocycles. The van der Waals surface area contributed by atoms with Crippen molar-refractivity contribution in [3.8, 4) is 17.7 Å². The van der Waals surface area contributed by atoms with Crippen LogP contribution in [0.4, 0.5) is 10.2 Å². The van der Waals surface area contributed by atoms with Crippen molar-refractivity contribution in [1.29, 1.82) is 0 Å². The van der Waals surface area contributed by atoms with Crippen LogP contribution in [0.3, 0.4) is 0 Å². The van der Waals surface area contributed by atoms with Crippen molar-refractivity contribution in [2.24, 2.45) is 5.92 Å². The number of nitrogens with zero attached hydrogens (tertiary/aromatic N) is 3. The Morgan fingerprint density at radius 2 is 2.19 bits per heavy atom. The van der Waals surface area contributed by atoms with Gasteiger partial charge in [-0.05, 0) is 32.6 Å². The summed E-state index contributed by atoms with van der Waals surface area (Å²) in [5, 5.41) is 0. The molecule has 2 rings (SSSR count). The van der Waals surface area contributed by atoms with E-state index < -0.39 is 5.82 Å². The van der Waals surface area contributed by atoms with Gasteiger partial charge in [0.25, 0.3) is 5.88 Å². The molecule has 0 bridgehead atoms. The van der Waals surface area contributed by atoms with Crippen LogP contribution in [0.2, 0.25) is 0 Å². The molecule has 4 nitrogen and oxygen atoms in total. The summed E-state index contributed by atoms with van der Waals surface area (Å²) in [5.74, 6) is 5.80. The molecule has 0 spiro atoms. The van der Waals surface area contributed by atoms with Crippen LogP contribution in [0, 0.1) is 23.6 Å². The van der Waals surface area contributed by atoms with E-state index in [9.17, 15) is 4.39 Å². The van der Waals surface area contributed by atoms with Crippen LogP contribution in [-0.4, -0.2) is 29.2 Å². The van der Waals surface area contributed by atoms with Crippen LogP contribution < -0.4 is 9.64 Å². The highest BCUT2D eigenvalue weighted by Gasteiger charge is 2.26. The van der Waals surface area contributed by atoms with Crippen LogP contribution in [0.15, 0.2) is 6.33 Å². The highest BCUT2D eigenvalue weighted by Crippen LogP contribution is 2.29. The van der Waals surface area contributed by atoms with E-state index in [2.05, 4.69) is 35.7 Å². The molecule has 0 saturated carbocycles. The summed E-state index contributed by atoms with van der Waals surface area (Å²) >= 11 is 0. The predicted molar refractivity (Wildman–Crippen MR) is 80.8 cm³/mol. The van der Waals surface area contributed by atoms with E-state index in [0.29, 0.717) is 11.7 Å². The van der Waals surface area contributed by atoms with Gasteiger partial charge in [-0.15, -0.1) is 5.92 Å². The fourth-order valence-corrected chi connectivity index (χ4v) is 2.64. The van der Waals surface area contributed by atoms with Crippen molar-refractivity contribution >= 4 is 5.82 Å². The zero-order valence-electron chi connectivity index (χ0n) is 12.9. The lowest BCUT2D eigenvalue weighted by Gasteiger charge is -2.30. The Hall–Kier alpha value is -1.83. The minimum Gasteiger partial charge on any atom is -0.462 e. The predicted octanol–water partition coefficient (Wildman–Crippen LogP) is 3.03. The number of halogens is 1. The Kier molecular flexibility index (Phi) is 5.38. The maximum absolute atomic E-state index is 14.6. The summed E-state index contributed by atoms with van der Waals surface area (Å²) in [5.41, 5.74) is 0. The van der Waals surface area contributed by atoms with E-state index >= 15 is 0 Å². The molecule has 0 radical (unpaired) electrons. The molecule has 1 aliphatic rings. The van der Waals surface area contributed by atoms with Crippen LogP contribution >= 0.6 is 0 Å². The Morgan fingerprint density at radius 1 is 1.38 bits per heavy atom. The molecule has 5 heteroatoms. The molecule has 2 heterocycles. The van der Waals surface area contributed by atoms with Gasteiger partial charge in [0.05, 0.1) is 0 Å². The van der Waals surface area contributed by atoms with Crippen LogP contribution in [0.1, 0.15) is 40.0 Å². The fourth-order valence-electron chi connectivity index (χ4n) is 2.64. The third-order valence-corrected chi connectivity index (χ3v) is 3.83. The normalized spacial score (nSPS) is 22.2. The number of hydrogen-bond acceptors (Lipinski definition) is 4. The number of anilines is 1. The zero-order chi connectivity index (χ0) is 15.2. The van der Waals surface area contributed by atoms with Gasteiger partial charge in [-0.2, -0.15) is 9.37 Å². The summed E-state index contributed by atoms with van der Waals surface area (Å²) in [6, 6.07) is 0.266.